The van der Waals surface area contributed by atoms with Gasteiger partial charge in [-0.15, -0.1) is 27.8 Å². The lowest BCUT2D eigenvalue weighted by molar-refractivity contribution is -0.384. The van der Waals surface area contributed by atoms with Gasteiger partial charge in [-0.25, -0.2) is 4.52 Å². The molecule has 8 nitrogen and oxygen atoms in total. The predicted molar refractivity (Wildman–Crippen MR) is 113 cm³/mol. The number of thiophene rings is 1. The first-order chi connectivity index (χ1) is 14.1. The average Bonchev–Trinajstić information content (AvgIpc) is 3.44. The van der Waals surface area contributed by atoms with Crippen LogP contribution in [0.4, 0.5) is 5.69 Å². The predicted octanol–water partition coefficient (Wildman–Crippen LogP) is 3.80. The van der Waals surface area contributed by atoms with Crippen molar-refractivity contribution in [3.63, 3.8) is 0 Å². The van der Waals surface area contributed by atoms with Gasteiger partial charge in [-0.1, -0.05) is 6.07 Å². The third-order valence-corrected chi connectivity index (χ3v) is 5.83. The van der Waals surface area contributed by atoms with Gasteiger partial charge in [0.25, 0.3) is 5.69 Å². The first-order valence-corrected chi connectivity index (χ1v) is 10.4. The second-order valence-electron chi connectivity index (χ2n) is 6.06. The van der Waals surface area contributed by atoms with Crippen LogP contribution in [-0.4, -0.2) is 32.0 Å². The second-order valence-corrected chi connectivity index (χ2v) is 7.84. The summed E-state index contributed by atoms with van der Waals surface area (Å²) >= 11 is 3.12. The fourth-order valence-corrected chi connectivity index (χ4v) is 4.17. The maximum Gasteiger partial charge on any atom is 0.269 e. The molecule has 1 aromatic carbocycles. The van der Waals surface area contributed by atoms with E-state index in [2.05, 4.69) is 15.4 Å². The van der Waals surface area contributed by atoms with Crippen LogP contribution in [0.5, 0.6) is 0 Å². The number of non-ortho nitro benzene ring substituents is 1. The number of hydrogen-bond donors (Lipinski definition) is 1. The summed E-state index contributed by atoms with van der Waals surface area (Å²) in [6, 6.07) is 9.96. The van der Waals surface area contributed by atoms with E-state index in [4.69, 9.17) is 0 Å². The van der Waals surface area contributed by atoms with Gasteiger partial charge in [0.1, 0.15) is 0 Å². The zero-order chi connectivity index (χ0) is 20.2. The monoisotopic (exact) mass is 425 g/mol. The Balaban J connectivity index is 1.32. The van der Waals surface area contributed by atoms with E-state index < -0.39 is 4.92 Å². The Bertz CT molecular complexity index is 1180. The van der Waals surface area contributed by atoms with Gasteiger partial charge in [-0.3, -0.25) is 14.9 Å². The molecule has 0 radical (unpaired) electrons. The molecule has 0 aliphatic rings. The van der Waals surface area contributed by atoms with Crippen LogP contribution in [0.2, 0.25) is 0 Å². The van der Waals surface area contributed by atoms with Crippen LogP contribution in [0.1, 0.15) is 11.3 Å². The Kier molecular flexibility index (Phi) is 5.45. The van der Waals surface area contributed by atoms with Crippen molar-refractivity contribution in [3.8, 4) is 10.7 Å². The number of nitrogens with zero attached hydrogens (tertiary/aromatic N) is 4. The molecule has 3 heterocycles. The number of aromatic nitrogens is 3. The van der Waals surface area contributed by atoms with Crippen LogP contribution in [0.15, 0.2) is 53.2 Å². The minimum atomic E-state index is -0.458. The molecule has 29 heavy (non-hydrogen) atoms. The van der Waals surface area contributed by atoms with Crippen LogP contribution < -0.4 is 5.32 Å². The van der Waals surface area contributed by atoms with Crippen LogP contribution in [-0.2, 0) is 11.2 Å². The van der Waals surface area contributed by atoms with E-state index in [0.717, 1.165) is 15.5 Å². The highest BCUT2D eigenvalue weighted by atomic mass is 32.1. The highest BCUT2D eigenvalue weighted by Crippen LogP contribution is 2.24. The number of rotatable bonds is 7. The minimum Gasteiger partial charge on any atom is -0.352 e. The van der Waals surface area contributed by atoms with Gasteiger partial charge in [0.15, 0.2) is 5.82 Å². The smallest absolute Gasteiger partial charge is 0.269 e. The number of amides is 1. The number of nitro benzene ring substituents is 1. The molecule has 0 saturated heterocycles. The minimum absolute atomic E-state index is 0.0176. The number of carbonyl (C=O) groups is 1. The molecule has 3 aromatic heterocycles. The molecule has 0 aliphatic carbocycles. The van der Waals surface area contributed by atoms with Gasteiger partial charge >= 0.3 is 0 Å². The van der Waals surface area contributed by atoms with Crippen LogP contribution in [0, 0.1) is 10.1 Å². The average molecular weight is 425 g/mol. The van der Waals surface area contributed by atoms with Crippen molar-refractivity contribution in [2.24, 2.45) is 0 Å². The van der Waals surface area contributed by atoms with Crippen molar-refractivity contribution in [2.45, 2.75) is 6.42 Å². The lowest BCUT2D eigenvalue weighted by Crippen LogP contribution is -2.23. The maximum absolute atomic E-state index is 12.0. The summed E-state index contributed by atoms with van der Waals surface area (Å²) in [6.07, 6.45) is 3.66. The lowest BCUT2D eigenvalue weighted by atomic mass is 10.2. The number of nitrogens with one attached hydrogen (secondary N) is 1. The Hall–Kier alpha value is -3.37. The van der Waals surface area contributed by atoms with E-state index in [1.807, 2.05) is 27.4 Å². The van der Waals surface area contributed by atoms with Crippen LogP contribution in [0.25, 0.3) is 21.7 Å². The van der Waals surface area contributed by atoms with Gasteiger partial charge in [-0.05, 0) is 35.2 Å². The van der Waals surface area contributed by atoms with E-state index in [9.17, 15) is 14.9 Å². The molecular formula is C19H15N5O3S2. The molecule has 1 amide bonds. The van der Waals surface area contributed by atoms with Crippen molar-refractivity contribution in [2.75, 3.05) is 6.54 Å². The molecule has 146 valence electrons. The molecule has 0 fully saturated rings. The van der Waals surface area contributed by atoms with Crippen molar-refractivity contribution in [3.05, 3.63) is 74.6 Å². The molecule has 0 spiro atoms. The third-order valence-electron chi connectivity index (χ3n) is 4.10. The summed E-state index contributed by atoms with van der Waals surface area (Å²) in [5.74, 6) is 0.482. The SMILES string of the molecule is O=C(/C=C/c1ccc([N+](=O)[O-])cc1)NCCc1csc2nc(-c3cccs3)nn12. The highest BCUT2D eigenvalue weighted by molar-refractivity contribution is 7.15. The van der Waals surface area contributed by atoms with E-state index >= 15 is 0 Å². The topological polar surface area (TPSA) is 102 Å². The number of hydrogen-bond acceptors (Lipinski definition) is 7. The van der Waals surface area contributed by atoms with Crippen molar-refractivity contribution >= 4 is 45.3 Å². The molecule has 1 N–H and O–H groups in total. The standard InChI is InChI=1S/C19H15N5O3S2/c25-17(8-5-13-3-6-14(7-4-13)24(26)27)20-10-9-15-12-29-19-21-18(22-23(15)19)16-2-1-11-28-16/h1-8,11-12H,9-10H2,(H,20,25)/b8-5+. The first-order valence-electron chi connectivity index (χ1n) is 8.67. The molecule has 0 saturated carbocycles. The largest absolute Gasteiger partial charge is 0.352 e. The number of benzene rings is 1. The van der Waals surface area contributed by atoms with Crippen LogP contribution in [0.3, 0.4) is 0 Å². The number of thiazole rings is 1. The van der Waals surface area contributed by atoms with Crippen LogP contribution >= 0.6 is 22.7 Å². The molecule has 0 unspecified atom stereocenters. The molecule has 4 aromatic rings. The molecule has 4 rings (SSSR count). The number of nitro groups is 1. The Morgan fingerprint density at radius 2 is 2.07 bits per heavy atom. The van der Waals surface area contributed by atoms with E-state index in [1.165, 1.54) is 29.5 Å². The lowest BCUT2D eigenvalue weighted by Gasteiger charge is -2.01. The summed E-state index contributed by atoms with van der Waals surface area (Å²) in [4.78, 5) is 28.6. The van der Waals surface area contributed by atoms with Gasteiger partial charge in [-0.2, -0.15) is 4.98 Å². The summed E-state index contributed by atoms with van der Waals surface area (Å²) in [5, 5.41) is 22.0. The maximum atomic E-state index is 12.0. The van der Waals surface area contributed by atoms with Crippen molar-refractivity contribution in [1.82, 2.24) is 19.9 Å². The Labute approximate surface area is 173 Å². The van der Waals surface area contributed by atoms with Gasteiger partial charge in [0.05, 0.1) is 15.5 Å². The molecule has 0 aliphatic heterocycles. The van der Waals surface area contributed by atoms with E-state index in [1.54, 1.807) is 29.5 Å². The Morgan fingerprint density at radius 1 is 1.24 bits per heavy atom. The van der Waals surface area contributed by atoms with Crippen molar-refractivity contribution in [1.29, 1.82) is 0 Å². The fourth-order valence-electron chi connectivity index (χ4n) is 2.66. The number of fused-ring (bicyclic) bond motifs is 1. The quantitative estimate of drug-likeness (QED) is 0.276. The first kappa shape index (κ1) is 19.0. The van der Waals surface area contributed by atoms with E-state index in [-0.39, 0.29) is 11.6 Å². The molecular weight excluding hydrogens is 410 g/mol. The van der Waals surface area contributed by atoms with E-state index in [0.29, 0.717) is 24.4 Å². The van der Waals surface area contributed by atoms with Gasteiger partial charge in [0.2, 0.25) is 10.9 Å². The summed E-state index contributed by atoms with van der Waals surface area (Å²) in [6.45, 7) is 0.462. The molecule has 0 bridgehead atoms. The zero-order valence-electron chi connectivity index (χ0n) is 15.0. The van der Waals surface area contributed by atoms with Crippen molar-refractivity contribution < 1.29 is 9.72 Å². The normalized spacial score (nSPS) is 11.3. The third kappa shape index (κ3) is 4.39. The van der Waals surface area contributed by atoms with Gasteiger partial charge in [0, 0.05) is 36.6 Å². The highest BCUT2D eigenvalue weighted by Gasteiger charge is 2.12. The molecule has 0 atom stereocenters. The summed E-state index contributed by atoms with van der Waals surface area (Å²) < 4.78 is 1.82. The summed E-state index contributed by atoms with van der Waals surface area (Å²) in [5.41, 5.74) is 1.72. The molecule has 10 heteroatoms. The fraction of sp³-hybridized carbons (Fsp3) is 0.105. The number of carbonyl (C=O) groups excluding carboxylic acids is 1. The Morgan fingerprint density at radius 3 is 2.79 bits per heavy atom. The summed E-state index contributed by atoms with van der Waals surface area (Å²) in [7, 11) is 0. The zero-order valence-corrected chi connectivity index (χ0v) is 16.7. The second kappa shape index (κ2) is 8.33. The van der Waals surface area contributed by atoms with Gasteiger partial charge < -0.3 is 5.32 Å².